The van der Waals surface area contributed by atoms with Gasteiger partial charge in [0.15, 0.2) is 0 Å². The third kappa shape index (κ3) is 6.29. The monoisotopic (exact) mass is 544 g/mol. The summed E-state index contributed by atoms with van der Waals surface area (Å²) in [4.78, 5) is 33.0. The third-order valence-corrected chi connectivity index (χ3v) is 8.41. The second-order valence-electron chi connectivity index (χ2n) is 10.7. The van der Waals surface area contributed by atoms with E-state index in [0.717, 1.165) is 55.1 Å². The van der Waals surface area contributed by atoms with Gasteiger partial charge in [-0.25, -0.2) is 0 Å². The van der Waals surface area contributed by atoms with Crippen LogP contribution in [0.4, 0.5) is 11.4 Å². The van der Waals surface area contributed by atoms with Crippen LogP contribution in [0.25, 0.3) is 0 Å². The minimum atomic E-state index is -0.482. The van der Waals surface area contributed by atoms with Crippen molar-refractivity contribution >= 4 is 34.8 Å². The van der Waals surface area contributed by atoms with Crippen LogP contribution in [0.1, 0.15) is 52.2 Å². The average molecular weight is 545 g/mol. The summed E-state index contributed by atoms with van der Waals surface area (Å²) in [6, 6.07) is 23.9. The summed E-state index contributed by atoms with van der Waals surface area (Å²) >= 11 is 6.88. The number of alkyl halides is 1. The molecule has 2 aliphatic rings. The molecule has 2 unspecified atom stereocenters. The highest BCUT2D eigenvalue weighted by atomic mass is 35.5. The zero-order valence-corrected chi connectivity index (χ0v) is 23.5. The summed E-state index contributed by atoms with van der Waals surface area (Å²) in [6.07, 6.45) is 1.83. The van der Waals surface area contributed by atoms with Crippen molar-refractivity contribution in [2.45, 2.75) is 44.1 Å². The van der Waals surface area contributed by atoms with E-state index in [0.29, 0.717) is 24.9 Å². The molecule has 1 N–H and O–H groups in total. The van der Waals surface area contributed by atoms with E-state index in [9.17, 15) is 9.59 Å². The molecule has 204 valence electrons. The molecule has 2 amide bonds. The molecule has 39 heavy (non-hydrogen) atoms. The zero-order valence-electron chi connectivity index (χ0n) is 22.8. The van der Waals surface area contributed by atoms with E-state index >= 15 is 0 Å². The van der Waals surface area contributed by atoms with Crippen molar-refractivity contribution in [3.05, 3.63) is 95.1 Å². The normalized spacial score (nSPS) is 19.8. The number of para-hydroxylation sites is 2. The molecule has 0 bridgehead atoms. The number of amides is 2. The average Bonchev–Trinajstić information content (AvgIpc) is 3.09. The molecular formula is C32H37ClN4O2. The maximum absolute atomic E-state index is 13.8. The highest BCUT2D eigenvalue weighted by Crippen LogP contribution is 2.40. The van der Waals surface area contributed by atoms with E-state index in [1.807, 2.05) is 65.6 Å². The van der Waals surface area contributed by atoms with Gasteiger partial charge in [0.05, 0.1) is 0 Å². The van der Waals surface area contributed by atoms with Crippen LogP contribution in [-0.4, -0.2) is 60.3 Å². The van der Waals surface area contributed by atoms with Crippen LogP contribution in [0.3, 0.4) is 0 Å². The second-order valence-corrected chi connectivity index (χ2v) is 11.2. The Hall–Kier alpha value is -3.35. The second kappa shape index (κ2) is 12.2. The molecule has 0 saturated carbocycles. The molecule has 3 aromatic rings. The van der Waals surface area contributed by atoms with Crippen LogP contribution in [0, 0.1) is 6.92 Å². The highest BCUT2D eigenvalue weighted by Gasteiger charge is 2.34. The molecule has 7 heteroatoms. The molecule has 5 rings (SSSR count). The predicted octanol–water partition coefficient (Wildman–Crippen LogP) is 5.86. The first kappa shape index (κ1) is 27.2. The summed E-state index contributed by atoms with van der Waals surface area (Å²) in [5.41, 5.74) is 5.34. The maximum atomic E-state index is 13.8. The van der Waals surface area contributed by atoms with Crippen molar-refractivity contribution in [1.82, 2.24) is 9.80 Å². The summed E-state index contributed by atoms with van der Waals surface area (Å²) in [5, 5.41) is 3.47. The topological polar surface area (TPSA) is 55.9 Å². The highest BCUT2D eigenvalue weighted by molar-refractivity contribution is 6.26. The zero-order chi connectivity index (χ0) is 27.4. The van der Waals surface area contributed by atoms with Crippen LogP contribution in [-0.2, 0) is 11.3 Å². The number of nitrogens with zero attached hydrogens (tertiary/aromatic N) is 3. The molecule has 2 aliphatic heterocycles. The molecule has 1 fully saturated rings. The lowest BCUT2D eigenvalue weighted by atomic mass is 9.90. The Morgan fingerprint density at radius 2 is 1.59 bits per heavy atom. The lowest BCUT2D eigenvalue weighted by Gasteiger charge is -2.33. The smallest absolute Gasteiger partial charge is 0.259 e. The van der Waals surface area contributed by atoms with Gasteiger partial charge in [-0.1, -0.05) is 60.1 Å². The molecule has 2 heterocycles. The summed E-state index contributed by atoms with van der Waals surface area (Å²) in [5.74, 6) is 0.0953. The third-order valence-electron chi connectivity index (χ3n) is 7.99. The van der Waals surface area contributed by atoms with E-state index in [2.05, 4.69) is 36.3 Å². The van der Waals surface area contributed by atoms with Crippen LogP contribution < -0.4 is 10.2 Å². The lowest BCUT2D eigenvalue weighted by molar-refractivity contribution is -0.133. The van der Waals surface area contributed by atoms with Crippen LogP contribution in [0.2, 0.25) is 0 Å². The molecule has 3 aromatic carbocycles. The van der Waals surface area contributed by atoms with E-state index in [1.165, 1.54) is 5.56 Å². The molecule has 2 atom stereocenters. The first-order valence-electron chi connectivity index (χ1n) is 13.8. The predicted molar refractivity (Wildman–Crippen MR) is 159 cm³/mol. The Morgan fingerprint density at radius 3 is 2.33 bits per heavy atom. The largest absolute Gasteiger partial charge is 0.381 e. The quantitative estimate of drug-likeness (QED) is 0.312. The summed E-state index contributed by atoms with van der Waals surface area (Å²) < 4.78 is 0. The van der Waals surface area contributed by atoms with E-state index in [1.54, 1.807) is 4.90 Å². The fourth-order valence-electron chi connectivity index (χ4n) is 5.54. The van der Waals surface area contributed by atoms with E-state index in [-0.39, 0.29) is 17.7 Å². The van der Waals surface area contributed by atoms with Gasteiger partial charge in [-0.05, 0) is 73.7 Å². The summed E-state index contributed by atoms with van der Waals surface area (Å²) in [7, 11) is 2.09. The number of carbonyl (C=O) groups is 2. The Morgan fingerprint density at radius 1 is 0.897 bits per heavy atom. The number of likely N-dealkylation sites (N-methyl/N-ethyl adjacent to an activating group) is 1. The number of hydrogen-bond acceptors (Lipinski definition) is 4. The van der Waals surface area contributed by atoms with E-state index in [4.69, 9.17) is 11.6 Å². The van der Waals surface area contributed by atoms with Crippen LogP contribution in [0.15, 0.2) is 72.8 Å². The van der Waals surface area contributed by atoms with Gasteiger partial charge in [0, 0.05) is 56.1 Å². The van der Waals surface area contributed by atoms with Crippen LogP contribution in [0.5, 0.6) is 0 Å². The standard InChI is InChI=1S/C32H37ClN4O2/c1-23-7-3-5-9-28(23)34-22-24-11-13-25(14-12-24)32(39)37-29-10-6-4-8-27(29)26(15-16-30(37)33)21-31(38)36-19-17-35(2)18-20-36/h3-14,26,30,34H,15-22H2,1-2H3. The number of rotatable bonds is 6. The first-order valence-corrected chi connectivity index (χ1v) is 14.3. The van der Waals surface area contributed by atoms with Crippen molar-refractivity contribution in [2.24, 2.45) is 0 Å². The Labute approximate surface area is 236 Å². The minimum absolute atomic E-state index is 0.0299. The molecule has 6 nitrogen and oxygen atoms in total. The van der Waals surface area contributed by atoms with Crippen molar-refractivity contribution in [3.63, 3.8) is 0 Å². The van der Waals surface area contributed by atoms with Crippen molar-refractivity contribution in [2.75, 3.05) is 43.4 Å². The molecular weight excluding hydrogens is 508 g/mol. The van der Waals surface area contributed by atoms with Gasteiger partial charge >= 0.3 is 0 Å². The van der Waals surface area contributed by atoms with Gasteiger partial charge in [-0.15, -0.1) is 0 Å². The van der Waals surface area contributed by atoms with Crippen molar-refractivity contribution in [1.29, 1.82) is 0 Å². The summed E-state index contributed by atoms with van der Waals surface area (Å²) in [6.45, 7) is 6.09. The van der Waals surface area contributed by atoms with E-state index < -0.39 is 5.50 Å². The molecule has 0 spiro atoms. The Bertz CT molecular complexity index is 1300. The SMILES string of the molecule is Cc1ccccc1NCc1ccc(C(=O)N2c3ccccc3C(CC(=O)N3CCN(C)CC3)CCC2Cl)cc1. The molecule has 0 aromatic heterocycles. The number of benzene rings is 3. The van der Waals surface area contributed by atoms with Crippen LogP contribution >= 0.6 is 11.6 Å². The number of carbonyl (C=O) groups excluding carboxylic acids is 2. The number of halogens is 1. The fraction of sp³-hybridized carbons (Fsp3) is 0.375. The lowest BCUT2D eigenvalue weighted by Crippen LogP contribution is -2.47. The number of anilines is 2. The Balaban J connectivity index is 1.31. The number of aryl methyl sites for hydroxylation is 1. The van der Waals surface area contributed by atoms with Gasteiger partial charge in [-0.2, -0.15) is 0 Å². The molecule has 1 saturated heterocycles. The van der Waals surface area contributed by atoms with Gasteiger partial charge in [0.1, 0.15) is 5.50 Å². The first-order chi connectivity index (χ1) is 18.9. The number of hydrogen-bond donors (Lipinski definition) is 1. The van der Waals surface area contributed by atoms with Gasteiger partial charge in [0.25, 0.3) is 5.91 Å². The van der Waals surface area contributed by atoms with Gasteiger partial charge < -0.3 is 15.1 Å². The number of fused-ring (bicyclic) bond motifs is 1. The van der Waals surface area contributed by atoms with Crippen molar-refractivity contribution < 1.29 is 9.59 Å². The minimum Gasteiger partial charge on any atom is -0.381 e. The van der Waals surface area contributed by atoms with Gasteiger partial charge in [0.2, 0.25) is 5.91 Å². The number of piperazine rings is 1. The van der Waals surface area contributed by atoms with Crippen molar-refractivity contribution in [3.8, 4) is 0 Å². The molecule has 0 aliphatic carbocycles. The van der Waals surface area contributed by atoms with Gasteiger partial charge in [-0.3, -0.25) is 14.5 Å². The molecule has 0 radical (unpaired) electrons. The maximum Gasteiger partial charge on any atom is 0.259 e. The Kier molecular flexibility index (Phi) is 8.53. The fourth-order valence-corrected chi connectivity index (χ4v) is 5.86. The number of nitrogens with one attached hydrogen (secondary N) is 1.